The van der Waals surface area contributed by atoms with Gasteiger partial charge in [0.1, 0.15) is 5.78 Å². The standard InChI is InChI=1S/C4H9NO.C2H6O.C2H6.H2/c1-4(6)2-3-5;1-2-3;1-2;/h2-3,5H2,1H3;3H,2H2,1H3;1-2H3;1H. The Morgan fingerprint density at radius 1 is 1.55 bits per heavy atom. The van der Waals surface area contributed by atoms with E-state index in [0.717, 1.165) is 0 Å². The van der Waals surface area contributed by atoms with Crippen LogP contribution in [0.15, 0.2) is 0 Å². The van der Waals surface area contributed by atoms with E-state index in [1.165, 1.54) is 6.92 Å². The number of ketones is 1. The van der Waals surface area contributed by atoms with Crippen LogP contribution in [0.3, 0.4) is 0 Å². The number of hydrogen-bond donors (Lipinski definition) is 2. The number of rotatable bonds is 2. The highest BCUT2D eigenvalue weighted by Gasteiger charge is 1.83. The van der Waals surface area contributed by atoms with Crippen LogP contribution in [0.5, 0.6) is 0 Å². The van der Waals surface area contributed by atoms with Crippen LogP contribution < -0.4 is 5.73 Å². The summed E-state index contributed by atoms with van der Waals surface area (Å²) in [6.07, 6.45) is 0.514. The molecule has 0 spiro atoms. The highest BCUT2D eigenvalue weighted by molar-refractivity contribution is 5.75. The van der Waals surface area contributed by atoms with Crippen molar-refractivity contribution in [2.75, 3.05) is 13.2 Å². The van der Waals surface area contributed by atoms with Crippen molar-refractivity contribution in [1.29, 1.82) is 0 Å². The number of Topliss-reactive ketones (excluding diaryl/α,β-unsaturated/α-hetero) is 1. The molecule has 0 radical (unpaired) electrons. The lowest BCUT2D eigenvalue weighted by Crippen LogP contribution is -2.03. The SMILES string of the molecule is CC.CC(=O)CCN.CCO.[HH]. The van der Waals surface area contributed by atoms with Crippen molar-refractivity contribution in [1.82, 2.24) is 0 Å². The van der Waals surface area contributed by atoms with E-state index < -0.39 is 0 Å². The Hall–Kier alpha value is -0.410. The van der Waals surface area contributed by atoms with Crippen molar-refractivity contribution in [3.05, 3.63) is 0 Å². The summed E-state index contributed by atoms with van der Waals surface area (Å²) in [7, 11) is 0. The van der Waals surface area contributed by atoms with Crippen molar-refractivity contribution in [3.63, 3.8) is 0 Å². The fourth-order valence-corrected chi connectivity index (χ4v) is 0.203. The van der Waals surface area contributed by atoms with E-state index in [1.54, 1.807) is 6.92 Å². The van der Waals surface area contributed by atoms with Gasteiger partial charge in [-0.3, -0.25) is 4.79 Å². The molecule has 3 N–H and O–H groups in total. The van der Waals surface area contributed by atoms with Crippen molar-refractivity contribution in [3.8, 4) is 0 Å². The minimum atomic E-state index is 0. The Bertz CT molecular complexity index is 70.1. The van der Waals surface area contributed by atoms with E-state index in [0.29, 0.717) is 13.0 Å². The van der Waals surface area contributed by atoms with E-state index in [4.69, 9.17) is 10.8 Å². The Morgan fingerprint density at radius 3 is 1.82 bits per heavy atom. The molecule has 0 unspecified atom stereocenters. The van der Waals surface area contributed by atoms with Crippen LogP contribution in [0.2, 0.25) is 0 Å². The molecule has 0 bridgehead atoms. The third kappa shape index (κ3) is 82.4. The number of hydrogen-bond acceptors (Lipinski definition) is 3. The molecule has 0 rings (SSSR count). The minimum absolute atomic E-state index is 0. The van der Waals surface area contributed by atoms with Crippen LogP contribution in [0, 0.1) is 0 Å². The van der Waals surface area contributed by atoms with Gasteiger partial charge in [-0.1, -0.05) is 13.8 Å². The van der Waals surface area contributed by atoms with Crippen molar-refractivity contribution >= 4 is 5.78 Å². The molecular weight excluding hydrogens is 142 g/mol. The third-order valence-corrected chi connectivity index (χ3v) is 0.496. The topological polar surface area (TPSA) is 63.3 Å². The first-order valence-corrected chi connectivity index (χ1v) is 3.99. The van der Waals surface area contributed by atoms with Crippen molar-refractivity contribution < 1.29 is 11.3 Å². The summed E-state index contributed by atoms with van der Waals surface area (Å²) in [4.78, 5) is 9.96. The average Bonchev–Trinajstić information content (AvgIpc) is 1.93. The van der Waals surface area contributed by atoms with E-state index in [1.807, 2.05) is 13.8 Å². The van der Waals surface area contributed by atoms with E-state index in [2.05, 4.69) is 0 Å². The van der Waals surface area contributed by atoms with Gasteiger partial charge in [0.2, 0.25) is 0 Å². The fourth-order valence-electron chi connectivity index (χ4n) is 0.203. The summed E-state index contributed by atoms with van der Waals surface area (Å²) < 4.78 is 0. The zero-order valence-corrected chi connectivity index (χ0v) is 8.05. The lowest BCUT2D eigenvalue weighted by Gasteiger charge is -1.81. The fraction of sp³-hybridized carbons (Fsp3) is 0.875. The van der Waals surface area contributed by atoms with Crippen LogP contribution >= 0.6 is 0 Å². The summed E-state index contributed by atoms with van der Waals surface area (Å²) in [5, 5.41) is 7.57. The molecule has 3 nitrogen and oxygen atoms in total. The highest BCUT2D eigenvalue weighted by atomic mass is 16.2. The van der Waals surface area contributed by atoms with Gasteiger partial charge in [-0.05, 0) is 20.4 Å². The van der Waals surface area contributed by atoms with Crippen LogP contribution in [0.1, 0.15) is 35.5 Å². The normalized spacial score (nSPS) is 6.73. The smallest absolute Gasteiger partial charge is 0.131 e. The van der Waals surface area contributed by atoms with Gasteiger partial charge < -0.3 is 10.8 Å². The molecule has 0 aliphatic rings. The van der Waals surface area contributed by atoms with Crippen LogP contribution in [0.4, 0.5) is 0 Å². The van der Waals surface area contributed by atoms with Crippen LogP contribution in [-0.4, -0.2) is 24.0 Å². The quantitative estimate of drug-likeness (QED) is 0.646. The van der Waals surface area contributed by atoms with Gasteiger partial charge in [-0.2, -0.15) is 0 Å². The van der Waals surface area contributed by atoms with Gasteiger partial charge in [0.25, 0.3) is 0 Å². The maximum Gasteiger partial charge on any atom is 0.131 e. The number of aliphatic hydroxyl groups excluding tert-OH is 1. The second-order valence-corrected chi connectivity index (χ2v) is 1.56. The molecule has 72 valence electrons. The molecule has 0 aliphatic heterocycles. The molecular formula is C8H23NO2. The Kier molecular flexibility index (Phi) is 34.8. The zero-order chi connectivity index (χ0) is 9.70. The summed E-state index contributed by atoms with van der Waals surface area (Å²) in [6.45, 7) is 7.95. The maximum atomic E-state index is 9.96. The summed E-state index contributed by atoms with van der Waals surface area (Å²) in [5.74, 6) is 0.164. The Morgan fingerprint density at radius 2 is 1.82 bits per heavy atom. The molecule has 0 aromatic rings. The number of aliphatic hydroxyl groups is 1. The third-order valence-electron chi connectivity index (χ3n) is 0.496. The minimum Gasteiger partial charge on any atom is -0.397 e. The van der Waals surface area contributed by atoms with Gasteiger partial charge >= 0.3 is 0 Å². The number of nitrogens with two attached hydrogens (primary N) is 1. The highest BCUT2D eigenvalue weighted by Crippen LogP contribution is 1.71. The first kappa shape index (κ1) is 16.9. The molecule has 3 heteroatoms. The average molecular weight is 165 g/mol. The molecule has 0 saturated carbocycles. The molecule has 0 aromatic carbocycles. The zero-order valence-electron chi connectivity index (χ0n) is 8.05. The maximum absolute atomic E-state index is 9.96. The number of carbonyl (C=O) groups is 1. The van der Waals surface area contributed by atoms with E-state index in [-0.39, 0.29) is 13.8 Å². The van der Waals surface area contributed by atoms with Gasteiger partial charge in [0.15, 0.2) is 0 Å². The molecule has 0 amide bonds. The molecule has 0 saturated heterocycles. The van der Waals surface area contributed by atoms with E-state index in [9.17, 15) is 4.79 Å². The number of carbonyl (C=O) groups excluding carboxylic acids is 1. The molecule has 0 atom stereocenters. The first-order chi connectivity index (χ1) is 5.18. The lowest BCUT2D eigenvalue weighted by molar-refractivity contribution is -0.116. The first-order valence-electron chi connectivity index (χ1n) is 3.99. The van der Waals surface area contributed by atoms with Crippen molar-refractivity contribution in [2.24, 2.45) is 5.73 Å². The lowest BCUT2D eigenvalue weighted by atomic mass is 10.3. The summed E-state index contributed by atoms with van der Waals surface area (Å²) >= 11 is 0. The molecule has 11 heavy (non-hydrogen) atoms. The van der Waals surface area contributed by atoms with Crippen LogP contribution in [0.25, 0.3) is 0 Å². The molecule has 0 fully saturated rings. The second kappa shape index (κ2) is 22.6. The van der Waals surface area contributed by atoms with Gasteiger partial charge in [0.05, 0.1) is 0 Å². The van der Waals surface area contributed by atoms with Gasteiger partial charge in [-0.15, -0.1) is 0 Å². The molecule has 0 aromatic heterocycles. The Balaban J connectivity index is -0.0000000462. The van der Waals surface area contributed by atoms with Crippen LogP contribution in [-0.2, 0) is 4.79 Å². The Labute approximate surface area is 71.1 Å². The summed E-state index contributed by atoms with van der Waals surface area (Å²) in [5.41, 5.74) is 5.01. The van der Waals surface area contributed by atoms with Gasteiger partial charge in [0, 0.05) is 14.5 Å². The van der Waals surface area contributed by atoms with E-state index >= 15 is 0 Å². The van der Waals surface area contributed by atoms with Crippen molar-refractivity contribution in [2.45, 2.75) is 34.1 Å². The second-order valence-electron chi connectivity index (χ2n) is 1.56. The predicted molar refractivity (Wildman–Crippen MR) is 50.6 cm³/mol. The largest absolute Gasteiger partial charge is 0.397 e. The molecule has 0 aliphatic carbocycles. The predicted octanol–water partition coefficient (Wildman–Crippen LogP) is 1.19. The molecule has 0 heterocycles. The summed E-state index contributed by atoms with van der Waals surface area (Å²) in [6, 6.07) is 0. The van der Waals surface area contributed by atoms with Gasteiger partial charge in [-0.25, -0.2) is 0 Å². The monoisotopic (exact) mass is 165 g/mol.